The molecule has 0 radical (unpaired) electrons. The fraction of sp³-hybridized carbons (Fsp3) is 0.778. The molecule has 66 valence electrons. The van der Waals surface area contributed by atoms with Gasteiger partial charge in [-0.05, 0) is 13.3 Å². The van der Waals surface area contributed by atoms with Crippen LogP contribution in [0.1, 0.15) is 33.6 Å². The highest BCUT2D eigenvalue weighted by molar-refractivity contribution is 4.95. The van der Waals surface area contributed by atoms with Gasteiger partial charge in [-0.25, -0.2) is 8.78 Å². The summed E-state index contributed by atoms with van der Waals surface area (Å²) in [5.41, 5.74) is 0.551. The zero-order valence-electron chi connectivity index (χ0n) is 7.45. The van der Waals surface area contributed by atoms with E-state index in [1.807, 2.05) is 0 Å². The zero-order valence-corrected chi connectivity index (χ0v) is 7.45. The van der Waals surface area contributed by atoms with E-state index in [4.69, 9.17) is 0 Å². The Hall–Kier alpha value is -0.400. The van der Waals surface area contributed by atoms with E-state index in [2.05, 4.69) is 6.58 Å². The Balaban J connectivity index is 4.08. The number of hydrogen-bond acceptors (Lipinski definition) is 0. The van der Waals surface area contributed by atoms with Gasteiger partial charge in [-0.2, -0.15) is 0 Å². The van der Waals surface area contributed by atoms with E-state index in [1.165, 1.54) is 0 Å². The fourth-order valence-corrected chi connectivity index (χ4v) is 0.875. The molecule has 0 saturated heterocycles. The highest BCUT2D eigenvalue weighted by Crippen LogP contribution is 2.32. The van der Waals surface area contributed by atoms with Crippen LogP contribution in [0.2, 0.25) is 0 Å². The molecule has 0 aliphatic carbocycles. The maximum atomic E-state index is 13.0. The van der Waals surface area contributed by atoms with Gasteiger partial charge in [0.2, 0.25) is 0 Å². The van der Waals surface area contributed by atoms with Crippen LogP contribution >= 0.6 is 0 Å². The van der Waals surface area contributed by atoms with Gasteiger partial charge in [0.15, 0.2) is 0 Å². The van der Waals surface area contributed by atoms with Crippen molar-refractivity contribution in [2.75, 3.05) is 0 Å². The maximum Gasteiger partial charge on any atom is 0.254 e. The summed E-state index contributed by atoms with van der Waals surface area (Å²) >= 11 is 0. The van der Waals surface area contributed by atoms with Gasteiger partial charge in [0.25, 0.3) is 5.92 Å². The van der Waals surface area contributed by atoms with Crippen LogP contribution in [-0.2, 0) is 0 Å². The van der Waals surface area contributed by atoms with Crippen molar-refractivity contribution in [3.8, 4) is 0 Å². The van der Waals surface area contributed by atoms with E-state index in [0.717, 1.165) is 0 Å². The van der Waals surface area contributed by atoms with E-state index >= 15 is 0 Å². The van der Waals surface area contributed by atoms with Gasteiger partial charge in [0.1, 0.15) is 0 Å². The second-order valence-corrected chi connectivity index (χ2v) is 3.20. The average Bonchev–Trinajstić information content (AvgIpc) is 1.83. The van der Waals surface area contributed by atoms with E-state index in [9.17, 15) is 8.78 Å². The molecule has 0 aliphatic heterocycles. The molecule has 0 aromatic heterocycles. The average molecular weight is 162 g/mol. The largest absolute Gasteiger partial charge is 0.254 e. The molecule has 0 rings (SSSR count). The van der Waals surface area contributed by atoms with Gasteiger partial charge in [-0.15, -0.1) is 0 Å². The fourth-order valence-electron chi connectivity index (χ4n) is 0.875. The first-order valence-corrected chi connectivity index (χ1v) is 3.92. The number of halogens is 2. The van der Waals surface area contributed by atoms with Crippen LogP contribution in [0.15, 0.2) is 12.2 Å². The normalized spacial score (nSPS) is 14.6. The second kappa shape index (κ2) is 3.84. The summed E-state index contributed by atoms with van der Waals surface area (Å²) in [7, 11) is 0. The molecule has 0 fully saturated rings. The first-order valence-electron chi connectivity index (χ1n) is 3.92. The van der Waals surface area contributed by atoms with E-state index in [-0.39, 0.29) is 6.42 Å². The van der Waals surface area contributed by atoms with Crippen molar-refractivity contribution in [3.63, 3.8) is 0 Å². The van der Waals surface area contributed by atoms with Crippen LogP contribution in [0.3, 0.4) is 0 Å². The predicted molar refractivity (Wildman–Crippen MR) is 43.8 cm³/mol. The topological polar surface area (TPSA) is 0 Å². The molecular formula is C9H16F2. The highest BCUT2D eigenvalue weighted by Gasteiger charge is 2.34. The van der Waals surface area contributed by atoms with Crippen LogP contribution in [0, 0.1) is 5.92 Å². The van der Waals surface area contributed by atoms with Gasteiger partial charge in [0.05, 0.1) is 0 Å². The minimum Gasteiger partial charge on any atom is -0.206 e. The summed E-state index contributed by atoms with van der Waals surface area (Å²) in [6, 6.07) is 0. The summed E-state index contributed by atoms with van der Waals surface area (Å²) in [5, 5.41) is 0. The van der Waals surface area contributed by atoms with Crippen molar-refractivity contribution >= 4 is 0 Å². The molecule has 0 aromatic rings. The Morgan fingerprint density at radius 2 is 2.00 bits per heavy atom. The summed E-state index contributed by atoms with van der Waals surface area (Å²) in [4.78, 5) is 0. The smallest absolute Gasteiger partial charge is 0.206 e. The lowest BCUT2D eigenvalue weighted by Gasteiger charge is -2.22. The molecule has 0 spiro atoms. The molecule has 0 aromatic carbocycles. The van der Waals surface area contributed by atoms with Crippen molar-refractivity contribution in [3.05, 3.63) is 12.2 Å². The summed E-state index contributed by atoms with van der Waals surface area (Å²) < 4.78 is 26.0. The number of hydrogen-bond donors (Lipinski definition) is 0. The van der Waals surface area contributed by atoms with Gasteiger partial charge in [-0.3, -0.25) is 0 Å². The monoisotopic (exact) mass is 162 g/mol. The van der Waals surface area contributed by atoms with Gasteiger partial charge < -0.3 is 0 Å². The minimum absolute atomic E-state index is 0.179. The summed E-state index contributed by atoms with van der Waals surface area (Å²) in [6.45, 7) is 8.46. The SMILES string of the molecule is C=C(C)CC(F)(F)C(C)CC. The first-order chi connectivity index (χ1) is 4.90. The van der Waals surface area contributed by atoms with Crippen molar-refractivity contribution in [2.45, 2.75) is 39.5 Å². The molecule has 0 amide bonds. The van der Waals surface area contributed by atoms with Crippen molar-refractivity contribution in [1.29, 1.82) is 0 Å². The molecule has 1 atom stereocenters. The second-order valence-electron chi connectivity index (χ2n) is 3.20. The van der Waals surface area contributed by atoms with E-state index in [0.29, 0.717) is 12.0 Å². The number of alkyl halides is 2. The molecule has 2 heteroatoms. The van der Waals surface area contributed by atoms with Crippen LogP contribution in [0.4, 0.5) is 8.78 Å². The van der Waals surface area contributed by atoms with Gasteiger partial charge in [0, 0.05) is 12.3 Å². The zero-order chi connectivity index (χ0) is 9.07. The predicted octanol–water partition coefficient (Wildman–Crippen LogP) is 3.63. The Bertz CT molecular complexity index is 138. The molecule has 0 heterocycles. The van der Waals surface area contributed by atoms with E-state index in [1.54, 1.807) is 20.8 Å². The molecule has 0 aliphatic rings. The quantitative estimate of drug-likeness (QED) is 0.554. The molecule has 0 bridgehead atoms. The minimum atomic E-state index is -2.57. The third-order valence-electron chi connectivity index (χ3n) is 1.87. The van der Waals surface area contributed by atoms with Crippen LogP contribution in [0.25, 0.3) is 0 Å². The molecule has 0 N–H and O–H groups in total. The highest BCUT2D eigenvalue weighted by atomic mass is 19.3. The Kier molecular flexibility index (Phi) is 3.70. The molecular weight excluding hydrogens is 146 g/mol. The first kappa shape index (κ1) is 10.6. The summed E-state index contributed by atoms with van der Waals surface area (Å²) in [6.07, 6.45) is 0.336. The third kappa shape index (κ3) is 3.49. The lowest BCUT2D eigenvalue weighted by molar-refractivity contribution is -0.0516. The molecule has 11 heavy (non-hydrogen) atoms. The van der Waals surface area contributed by atoms with Crippen molar-refractivity contribution in [2.24, 2.45) is 5.92 Å². The van der Waals surface area contributed by atoms with Gasteiger partial charge >= 0.3 is 0 Å². The van der Waals surface area contributed by atoms with E-state index < -0.39 is 11.8 Å². The lowest BCUT2D eigenvalue weighted by Crippen LogP contribution is -2.25. The Labute approximate surface area is 67.3 Å². The molecule has 0 nitrogen and oxygen atoms in total. The number of allylic oxidation sites excluding steroid dienone is 1. The van der Waals surface area contributed by atoms with Crippen LogP contribution < -0.4 is 0 Å². The lowest BCUT2D eigenvalue weighted by atomic mass is 9.95. The maximum absolute atomic E-state index is 13.0. The number of rotatable bonds is 4. The molecule has 0 saturated carbocycles. The Morgan fingerprint density at radius 3 is 2.27 bits per heavy atom. The van der Waals surface area contributed by atoms with Crippen LogP contribution in [-0.4, -0.2) is 5.92 Å². The van der Waals surface area contributed by atoms with Gasteiger partial charge in [-0.1, -0.05) is 26.0 Å². The van der Waals surface area contributed by atoms with Crippen LogP contribution in [0.5, 0.6) is 0 Å². The Morgan fingerprint density at radius 1 is 1.55 bits per heavy atom. The van der Waals surface area contributed by atoms with Crippen molar-refractivity contribution < 1.29 is 8.78 Å². The van der Waals surface area contributed by atoms with Crippen molar-refractivity contribution in [1.82, 2.24) is 0 Å². The third-order valence-corrected chi connectivity index (χ3v) is 1.87. The standard InChI is InChI=1S/C9H16F2/c1-5-8(4)9(10,11)6-7(2)3/h8H,2,5-6H2,1,3-4H3. The molecule has 1 unspecified atom stereocenters. The summed E-state index contributed by atoms with van der Waals surface area (Å²) in [5.74, 6) is -3.11.